The summed E-state index contributed by atoms with van der Waals surface area (Å²) in [4.78, 5) is 0. The van der Waals surface area contributed by atoms with E-state index in [1.807, 2.05) is 30.3 Å². The Balaban J connectivity index is 0.000000659. The Bertz CT molecular complexity index is 869. The van der Waals surface area contributed by atoms with Crippen LogP contribution < -0.4 is 15.9 Å². The molecule has 4 aromatic rings. The fraction of sp³-hybridized carbons (Fsp3) is 0. The van der Waals surface area contributed by atoms with Crippen molar-refractivity contribution < 1.29 is 22.4 Å². The van der Waals surface area contributed by atoms with E-state index >= 15 is 0 Å². The summed E-state index contributed by atoms with van der Waals surface area (Å²) in [6.07, 6.45) is 6.69. The second-order valence-corrected chi connectivity index (χ2v) is 8.05. The summed E-state index contributed by atoms with van der Waals surface area (Å²) in [5.74, 6) is 2.28. The number of rotatable bonds is 3. The van der Waals surface area contributed by atoms with Crippen molar-refractivity contribution in [3.05, 3.63) is 148 Å². The molecule has 154 valence electrons. The van der Waals surface area contributed by atoms with Crippen LogP contribution in [0.2, 0.25) is 0 Å². The molecule has 0 spiro atoms. The van der Waals surface area contributed by atoms with Gasteiger partial charge in [-0.25, -0.2) is 0 Å². The van der Waals surface area contributed by atoms with E-state index in [1.165, 1.54) is 15.9 Å². The van der Waals surface area contributed by atoms with E-state index in [-0.39, 0.29) is 37.2 Å². The Morgan fingerprint density at radius 3 is 0.967 bits per heavy atom. The molecule has 0 aliphatic rings. The Morgan fingerprint density at radius 1 is 0.467 bits per heavy atom. The quantitative estimate of drug-likeness (QED) is 0.120. The normalized spacial score (nSPS) is 8.80. The van der Waals surface area contributed by atoms with Gasteiger partial charge in [-0.1, -0.05) is 109 Å². The molecule has 0 aliphatic heterocycles. The first-order valence-corrected chi connectivity index (χ1v) is 10.2. The van der Waals surface area contributed by atoms with Gasteiger partial charge in [0.15, 0.2) is 0 Å². The maximum absolute atomic E-state index is 6.69. The summed E-state index contributed by atoms with van der Waals surface area (Å²) in [6, 6.07) is 41.7. The zero-order chi connectivity index (χ0) is 18.7. The second kappa shape index (κ2) is 15.5. The minimum atomic E-state index is -0.446. The van der Waals surface area contributed by atoms with Gasteiger partial charge >= 0.3 is 22.4 Å². The predicted octanol–water partition coefficient (Wildman–Crippen LogP) is 5.97. The van der Waals surface area contributed by atoms with Crippen LogP contribution in [-0.4, -0.2) is 0 Å². The van der Waals surface area contributed by atoms with Crippen LogP contribution >= 0.6 is 7.92 Å². The van der Waals surface area contributed by atoms with E-state index in [9.17, 15) is 0 Å². The average molecular weight is 590 g/mol. The summed E-state index contributed by atoms with van der Waals surface area (Å²) in [5, 5.41) is 4.19. The first kappa shape index (κ1) is 27.6. The monoisotopic (exact) mass is 590 g/mol. The molecule has 30 heavy (non-hydrogen) atoms. The van der Waals surface area contributed by atoms with Gasteiger partial charge in [-0.3, -0.25) is 5.92 Å². The van der Waals surface area contributed by atoms with Crippen LogP contribution in [-0.2, 0) is 22.4 Å². The van der Waals surface area contributed by atoms with Gasteiger partial charge in [0.2, 0.25) is 0 Å². The Labute approximate surface area is 199 Å². The van der Waals surface area contributed by atoms with Crippen molar-refractivity contribution in [3.63, 3.8) is 0 Å². The fourth-order valence-corrected chi connectivity index (χ4v) is 5.01. The molecule has 0 aliphatic carbocycles. The van der Waals surface area contributed by atoms with Crippen molar-refractivity contribution in [2.24, 2.45) is 0 Å². The van der Waals surface area contributed by atoms with Crippen LogP contribution in [0, 0.1) is 27.2 Å². The minimum Gasteiger partial charge on any atom is -0.366 e. The minimum absolute atomic E-state index is 0. The van der Waals surface area contributed by atoms with Gasteiger partial charge in [0.05, 0.1) is 0 Å². The number of benzene rings is 4. The summed E-state index contributed by atoms with van der Waals surface area (Å²) in [5.41, 5.74) is 0.826. The Kier molecular flexibility index (Phi) is 14.2. The van der Waals surface area contributed by atoms with Gasteiger partial charge in [0, 0.05) is 0 Å². The molecule has 0 nitrogen and oxygen atoms in total. The molecule has 2 heteroatoms. The Morgan fingerprint density at radius 2 is 0.733 bits per heavy atom. The summed E-state index contributed by atoms with van der Waals surface area (Å²) in [7, 11) is -0.446. The van der Waals surface area contributed by atoms with Crippen molar-refractivity contribution in [3.8, 4) is 5.92 Å². The molecule has 4 aromatic carbocycles. The van der Waals surface area contributed by atoms with E-state index in [0.717, 1.165) is 5.56 Å². The van der Waals surface area contributed by atoms with E-state index in [4.69, 9.17) is 6.42 Å². The van der Waals surface area contributed by atoms with Gasteiger partial charge < -0.3 is 21.3 Å². The van der Waals surface area contributed by atoms with Crippen molar-refractivity contribution in [2.45, 2.75) is 0 Å². The molecule has 0 heterocycles. The maximum Gasteiger partial charge on any atom is 3.00 e. The molecule has 0 aromatic heterocycles. The molecular weight excluding hydrogens is 564 g/mol. The van der Waals surface area contributed by atoms with E-state index in [2.05, 4.69) is 96.9 Å². The summed E-state index contributed by atoms with van der Waals surface area (Å²) in [6.45, 7) is 0. The average Bonchev–Trinajstić information content (AvgIpc) is 2.77. The van der Waals surface area contributed by atoms with Crippen molar-refractivity contribution in [1.82, 2.24) is 0 Å². The van der Waals surface area contributed by atoms with E-state index < -0.39 is 7.92 Å². The molecule has 0 saturated carbocycles. The van der Waals surface area contributed by atoms with Gasteiger partial charge in [0.25, 0.3) is 0 Å². The van der Waals surface area contributed by atoms with Crippen LogP contribution in [0.1, 0.15) is 5.56 Å². The molecule has 0 atom stereocenters. The van der Waals surface area contributed by atoms with Gasteiger partial charge in [0.1, 0.15) is 0 Å². The van der Waals surface area contributed by atoms with Crippen LogP contribution in [0.15, 0.2) is 121 Å². The predicted molar refractivity (Wildman–Crippen MR) is 131 cm³/mol. The van der Waals surface area contributed by atoms with Gasteiger partial charge in [-0.05, 0) is 23.8 Å². The maximum atomic E-state index is 6.69. The zero-order valence-corrected chi connectivity index (χ0v) is 20.4. The molecule has 0 bridgehead atoms. The summed E-state index contributed by atoms with van der Waals surface area (Å²) < 4.78 is 0. The van der Waals surface area contributed by atoms with Gasteiger partial charge in [-0.2, -0.15) is 0 Å². The largest absolute Gasteiger partial charge is 3.00 e. The topological polar surface area (TPSA) is 0 Å². The zero-order valence-electron chi connectivity index (χ0n) is 17.3. The summed E-state index contributed by atoms with van der Waals surface area (Å²) >= 11 is 0. The van der Waals surface area contributed by atoms with Crippen LogP contribution in [0.25, 0.3) is 0 Å². The third-order valence-corrected chi connectivity index (χ3v) is 6.40. The molecule has 0 unspecified atom stereocenters. The molecular formula is C28H26AuP. The van der Waals surface area contributed by atoms with E-state index in [0.29, 0.717) is 0 Å². The molecule has 4 rings (SSSR count). The Hall–Kier alpha value is -2.39. The molecule has 0 radical (unpaired) electrons. The third kappa shape index (κ3) is 8.16. The smallest absolute Gasteiger partial charge is 0.366 e. The number of hydrogen-bond acceptors (Lipinski definition) is 0. The molecule has 0 N–H and O–H groups in total. The molecule has 0 fully saturated rings. The first-order valence-electron chi connectivity index (χ1n) is 8.81. The standard InChI is InChI=1S/C18H15P.C8H5.2CH3.Au/c1-4-10-16(11-5-1)19(17-12-6-2-7-13-17)18-14-8-3-9-15-18;1-2-8-6-4-3-5-7-8;;;/h1-15H;3-7H;2*1H3;/q;3*-1;+3. The van der Waals surface area contributed by atoms with Crippen LogP contribution in [0.5, 0.6) is 0 Å². The fourth-order valence-electron chi connectivity index (χ4n) is 2.70. The van der Waals surface area contributed by atoms with Crippen molar-refractivity contribution in [2.75, 3.05) is 0 Å². The molecule has 0 amide bonds. The van der Waals surface area contributed by atoms with Gasteiger partial charge in [-0.15, -0.1) is 17.7 Å². The van der Waals surface area contributed by atoms with E-state index in [1.54, 1.807) is 0 Å². The molecule has 0 saturated heterocycles. The van der Waals surface area contributed by atoms with Crippen LogP contribution in [0.4, 0.5) is 0 Å². The third-order valence-electron chi connectivity index (χ3n) is 3.96. The first-order chi connectivity index (χ1) is 13.4. The number of hydrogen-bond donors (Lipinski definition) is 0. The SMILES string of the molecule is [Au+3].[C-]#Cc1ccccc1.[CH3-].[CH3-].c1ccc(P(c2ccccc2)c2ccccc2)cc1. The second-order valence-electron chi connectivity index (χ2n) is 5.83. The van der Waals surface area contributed by atoms with Crippen molar-refractivity contribution in [1.29, 1.82) is 0 Å². The van der Waals surface area contributed by atoms with Crippen molar-refractivity contribution >= 4 is 23.8 Å². The van der Waals surface area contributed by atoms with Crippen LogP contribution in [0.3, 0.4) is 0 Å².